The Labute approximate surface area is 136 Å². The van der Waals surface area contributed by atoms with Crippen LogP contribution in [0, 0.1) is 8.99 Å². The molecule has 1 aromatic heterocycles. The molecule has 0 aromatic carbocycles. The molecule has 20 heavy (non-hydrogen) atoms. The topological polar surface area (TPSA) is 37.8 Å². The first kappa shape index (κ1) is 16.0. The van der Waals surface area contributed by atoms with E-state index in [1.807, 2.05) is 7.05 Å². The minimum atomic E-state index is 0.441. The predicted octanol–water partition coefficient (Wildman–Crippen LogP) is 4.93. The minimum absolute atomic E-state index is 0.441. The minimum Gasteiger partial charge on any atom is -0.372 e. The molecule has 4 heteroatoms. The van der Waals surface area contributed by atoms with E-state index in [1.54, 1.807) is 0 Å². The molecule has 3 nitrogen and oxygen atoms in total. The molecule has 0 atom stereocenters. The highest BCUT2D eigenvalue weighted by molar-refractivity contribution is 14.1. The standard InChI is InChI=1S/C16H26IN3/c1-10(2)13-12(17)15(18-5)20-14(19-13)11-6-8-16(3,4)9-7-11/h10-11H,6-9H2,1-5H3,(H,18,19,20). The quantitative estimate of drug-likeness (QED) is 0.748. The molecule has 112 valence electrons. The van der Waals surface area contributed by atoms with Crippen molar-refractivity contribution in [2.24, 2.45) is 5.41 Å². The molecule has 0 saturated heterocycles. The fourth-order valence-electron chi connectivity index (χ4n) is 2.87. The monoisotopic (exact) mass is 387 g/mol. The van der Waals surface area contributed by atoms with Crippen LogP contribution in [0.3, 0.4) is 0 Å². The highest BCUT2D eigenvalue weighted by Gasteiger charge is 2.30. The molecule has 1 N–H and O–H groups in total. The van der Waals surface area contributed by atoms with E-state index in [2.05, 4.69) is 55.6 Å². The van der Waals surface area contributed by atoms with Crippen LogP contribution in [0.4, 0.5) is 5.82 Å². The summed E-state index contributed by atoms with van der Waals surface area (Å²) in [5, 5.41) is 3.23. The molecule has 1 fully saturated rings. The molecule has 0 amide bonds. The number of hydrogen-bond acceptors (Lipinski definition) is 3. The second-order valence-electron chi connectivity index (χ2n) is 6.97. The SMILES string of the molecule is CNc1nc(C2CCC(C)(C)CC2)nc(C(C)C)c1I. The Hall–Kier alpha value is -0.390. The summed E-state index contributed by atoms with van der Waals surface area (Å²) in [6.07, 6.45) is 4.99. The van der Waals surface area contributed by atoms with Crippen molar-refractivity contribution >= 4 is 28.4 Å². The van der Waals surface area contributed by atoms with Gasteiger partial charge in [0.15, 0.2) is 0 Å². The largest absolute Gasteiger partial charge is 0.372 e. The molecule has 0 bridgehead atoms. The lowest BCUT2D eigenvalue weighted by Crippen LogP contribution is -2.22. The van der Waals surface area contributed by atoms with Gasteiger partial charge in [0.25, 0.3) is 0 Å². The van der Waals surface area contributed by atoms with Crippen LogP contribution >= 0.6 is 22.6 Å². The molecule has 2 rings (SSSR count). The molecule has 0 radical (unpaired) electrons. The highest BCUT2D eigenvalue weighted by Crippen LogP contribution is 2.42. The summed E-state index contributed by atoms with van der Waals surface area (Å²) in [5.41, 5.74) is 1.68. The van der Waals surface area contributed by atoms with Crippen LogP contribution in [0.2, 0.25) is 0 Å². The van der Waals surface area contributed by atoms with Crippen LogP contribution in [0.1, 0.15) is 76.7 Å². The lowest BCUT2D eigenvalue weighted by Gasteiger charge is -2.33. The molecule has 0 unspecified atom stereocenters. The zero-order valence-electron chi connectivity index (χ0n) is 13.3. The van der Waals surface area contributed by atoms with Gasteiger partial charge in [-0.2, -0.15) is 0 Å². The molecule has 1 aliphatic carbocycles. The van der Waals surface area contributed by atoms with Gasteiger partial charge in [0.2, 0.25) is 0 Å². The molecule has 1 heterocycles. The number of aromatic nitrogens is 2. The maximum absolute atomic E-state index is 4.89. The molecule has 0 spiro atoms. The Morgan fingerprint density at radius 2 is 1.80 bits per heavy atom. The second kappa shape index (κ2) is 6.16. The van der Waals surface area contributed by atoms with Crippen molar-refractivity contribution in [3.05, 3.63) is 15.1 Å². The van der Waals surface area contributed by atoms with Gasteiger partial charge < -0.3 is 5.32 Å². The van der Waals surface area contributed by atoms with E-state index in [-0.39, 0.29) is 0 Å². The zero-order chi connectivity index (χ0) is 14.9. The summed E-state index contributed by atoms with van der Waals surface area (Å²) in [4.78, 5) is 9.67. The van der Waals surface area contributed by atoms with Crippen molar-refractivity contribution in [3.63, 3.8) is 0 Å². The average molecular weight is 387 g/mol. The van der Waals surface area contributed by atoms with Gasteiger partial charge in [0.1, 0.15) is 11.6 Å². The molecule has 1 aromatic rings. The Morgan fingerprint density at radius 3 is 2.30 bits per heavy atom. The Kier molecular flexibility index (Phi) is 4.92. The van der Waals surface area contributed by atoms with E-state index in [4.69, 9.17) is 9.97 Å². The van der Waals surface area contributed by atoms with Crippen molar-refractivity contribution in [1.29, 1.82) is 0 Å². The van der Waals surface area contributed by atoms with Crippen molar-refractivity contribution in [3.8, 4) is 0 Å². The predicted molar refractivity (Wildman–Crippen MR) is 93.4 cm³/mol. The fraction of sp³-hybridized carbons (Fsp3) is 0.750. The number of hydrogen-bond donors (Lipinski definition) is 1. The third-order valence-corrected chi connectivity index (χ3v) is 5.45. The maximum atomic E-state index is 4.89. The number of rotatable bonds is 3. The van der Waals surface area contributed by atoms with Gasteiger partial charge in [-0.25, -0.2) is 9.97 Å². The normalized spacial score (nSPS) is 19.4. The van der Waals surface area contributed by atoms with Crippen LogP contribution in [0.15, 0.2) is 0 Å². The summed E-state index contributed by atoms with van der Waals surface area (Å²) in [5.74, 6) is 3.01. The summed E-state index contributed by atoms with van der Waals surface area (Å²) >= 11 is 2.36. The first-order valence-electron chi connectivity index (χ1n) is 7.59. The second-order valence-corrected chi connectivity index (χ2v) is 8.05. The number of nitrogens with zero attached hydrogens (tertiary/aromatic N) is 2. The van der Waals surface area contributed by atoms with Gasteiger partial charge in [-0.05, 0) is 59.6 Å². The van der Waals surface area contributed by atoms with Crippen molar-refractivity contribution in [2.45, 2.75) is 65.2 Å². The third-order valence-electron chi connectivity index (χ3n) is 4.38. The first-order chi connectivity index (χ1) is 9.34. The number of halogens is 1. The van der Waals surface area contributed by atoms with Crippen molar-refractivity contribution < 1.29 is 0 Å². The summed E-state index contributed by atoms with van der Waals surface area (Å²) in [7, 11) is 1.95. The van der Waals surface area contributed by atoms with Crippen LogP contribution < -0.4 is 5.32 Å². The zero-order valence-corrected chi connectivity index (χ0v) is 15.4. The summed E-state index contributed by atoms with van der Waals surface area (Å²) in [6, 6.07) is 0. The Bertz CT molecular complexity index is 473. The van der Waals surface area contributed by atoms with Gasteiger partial charge in [-0.3, -0.25) is 0 Å². The van der Waals surface area contributed by atoms with Gasteiger partial charge in [0.05, 0.1) is 9.26 Å². The fourth-order valence-corrected chi connectivity index (χ4v) is 4.00. The average Bonchev–Trinajstić information content (AvgIpc) is 2.39. The Balaban J connectivity index is 2.30. The molecule has 1 saturated carbocycles. The van der Waals surface area contributed by atoms with E-state index < -0.39 is 0 Å². The lowest BCUT2D eigenvalue weighted by atomic mass is 9.73. The van der Waals surface area contributed by atoms with E-state index in [1.165, 1.54) is 34.9 Å². The van der Waals surface area contributed by atoms with E-state index in [9.17, 15) is 0 Å². The van der Waals surface area contributed by atoms with Gasteiger partial charge in [0, 0.05) is 13.0 Å². The van der Waals surface area contributed by atoms with E-state index >= 15 is 0 Å². The number of nitrogens with one attached hydrogen (secondary N) is 1. The van der Waals surface area contributed by atoms with Gasteiger partial charge in [-0.15, -0.1) is 0 Å². The number of anilines is 1. The molecule has 0 aliphatic heterocycles. The van der Waals surface area contributed by atoms with Crippen LogP contribution in [0.25, 0.3) is 0 Å². The van der Waals surface area contributed by atoms with Gasteiger partial charge in [-0.1, -0.05) is 27.7 Å². The van der Waals surface area contributed by atoms with Crippen molar-refractivity contribution in [2.75, 3.05) is 12.4 Å². The van der Waals surface area contributed by atoms with E-state index in [0.717, 1.165) is 11.6 Å². The van der Waals surface area contributed by atoms with Crippen molar-refractivity contribution in [1.82, 2.24) is 9.97 Å². The molecular formula is C16H26IN3. The van der Waals surface area contributed by atoms with Crippen LogP contribution in [-0.4, -0.2) is 17.0 Å². The maximum Gasteiger partial charge on any atom is 0.143 e. The smallest absolute Gasteiger partial charge is 0.143 e. The van der Waals surface area contributed by atoms with Crippen LogP contribution in [0.5, 0.6) is 0 Å². The summed E-state index contributed by atoms with van der Waals surface area (Å²) in [6.45, 7) is 9.16. The molecular weight excluding hydrogens is 361 g/mol. The summed E-state index contributed by atoms with van der Waals surface area (Å²) < 4.78 is 1.17. The first-order valence-corrected chi connectivity index (χ1v) is 8.67. The molecule has 1 aliphatic rings. The lowest BCUT2D eigenvalue weighted by molar-refractivity contribution is 0.220. The highest BCUT2D eigenvalue weighted by atomic mass is 127. The van der Waals surface area contributed by atoms with Crippen LogP contribution in [-0.2, 0) is 0 Å². The van der Waals surface area contributed by atoms with Gasteiger partial charge >= 0.3 is 0 Å². The van der Waals surface area contributed by atoms with E-state index in [0.29, 0.717) is 17.3 Å². The third kappa shape index (κ3) is 3.43. The Morgan fingerprint density at radius 1 is 1.20 bits per heavy atom.